The van der Waals surface area contributed by atoms with Crippen molar-refractivity contribution in [2.45, 2.75) is 32.1 Å². The second-order valence-corrected chi connectivity index (χ2v) is 9.03. The molecule has 0 saturated carbocycles. The predicted molar refractivity (Wildman–Crippen MR) is 133 cm³/mol. The summed E-state index contributed by atoms with van der Waals surface area (Å²) in [6.07, 6.45) is -1.44. The van der Waals surface area contributed by atoms with Crippen LogP contribution in [-0.4, -0.2) is 31.6 Å². The number of benzene rings is 2. The third-order valence-corrected chi connectivity index (χ3v) is 6.59. The number of nitrogens with zero attached hydrogens (tertiary/aromatic N) is 4. The number of amides is 1. The van der Waals surface area contributed by atoms with Crippen molar-refractivity contribution < 1.29 is 27.1 Å². The molecule has 3 aromatic heterocycles. The molecule has 0 aliphatic carbocycles. The van der Waals surface area contributed by atoms with Gasteiger partial charge in [0.05, 0.1) is 17.6 Å². The number of hydrogen-bond acceptors (Lipinski definition) is 4. The normalized spacial score (nSPS) is 13.3. The molecule has 1 aliphatic rings. The third-order valence-electron chi connectivity index (χ3n) is 6.59. The zero-order valence-electron chi connectivity index (χ0n) is 19.9. The van der Waals surface area contributed by atoms with Gasteiger partial charge in [0.1, 0.15) is 29.5 Å². The van der Waals surface area contributed by atoms with Crippen LogP contribution in [0.25, 0.3) is 21.9 Å². The van der Waals surface area contributed by atoms with Gasteiger partial charge in [0.15, 0.2) is 0 Å². The summed E-state index contributed by atoms with van der Waals surface area (Å²) >= 11 is 0. The fourth-order valence-electron chi connectivity index (χ4n) is 4.91. The van der Waals surface area contributed by atoms with Crippen LogP contribution >= 0.6 is 0 Å². The van der Waals surface area contributed by atoms with Gasteiger partial charge in [0, 0.05) is 35.8 Å². The second-order valence-electron chi connectivity index (χ2n) is 9.03. The van der Waals surface area contributed by atoms with Gasteiger partial charge in [-0.1, -0.05) is 0 Å². The van der Waals surface area contributed by atoms with Crippen LogP contribution in [0.3, 0.4) is 0 Å². The van der Waals surface area contributed by atoms with Gasteiger partial charge in [-0.2, -0.15) is 13.2 Å². The van der Waals surface area contributed by atoms with E-state index in [4.69, 9.17) is 4.74 Å². The van der Waals surface area contributed by atoms with Gasteiger partial charge in [-0.05, 0) is 61.0 Å². The molecule has 11 heteroatoms. The van der Waals surface area contributed by atoms with Crippen molar-refractivity contribution in [3.63, 3.8) is 0 Å². The van der Waals surface area contributed by atoms with E-state index in [9.17, 15) is 22.4 Å². The number of ether oxygens (including phenoxy) is 1. The molecule has 1 aliphatic heterocycles. The van der Waals surface area contributed by atoms with E-state index < -0.39 is 29.3 Å². The van der Waals surface area contributed by atoms with Gasteiger partial charge < -0.3 is 19.2 Å². The zero-order chi connectivity index (χ0) is 26.4. The van der Waals surface area contributed by atoms with E-state index in [0.717, 1.165) is 42.3 Å². The molecule has 1 amide bonds. The molecule has 0 unspecified atom stereocenters. The summed E-state index contributed by atoms with van der Waals surface area (Å²) in [6, 6.07) is 13.2. The Hall–Kier alpha value is -4.41. The summed E-state index contributed by atoms with van der Waals surface area (Å²) in [5, 5.41) is 3.34. The first-order valence-electron chi connectivity index (χ1n) is 12.0. The van der Waals surface area contributed by atoms with Crippen LogP contribution in [0, 0.1) is 5.82 Å². The van der Waals surface area contributed by atoms with E-state index in [2.05, 4.69) is 19.9 Å². The Morgan fingerprint density at radius 1 is 1.08 bits per heavy atom. The second kappa shape index (κ2) is 9.16. The number of aryl methyl sites for hydroxylation is 2. The molecular formula is C27H21F4N5O2. The van der Waals surface area contributed by atoms with Gasteiger partial charge >= 0.3 is 6.18 Å². The number of anilines is 1. The Balaban J connectivity index is 1.27. The Morgan fingerprint density at radius 2 is 1.92 bits per heavy atom. The summed E-state index contributed by atoms with van der Waals surface area (Å²) in [5.41, 5.74) is 2.09. The maximum absolute atomic E-state index is 13.9. The van der Waals surface area contributed by atoms with Crippen molar-refractivity contribution in [1.29, 1.82) is 0 Å². The first kappa shape index (κ1) is 24.0. The first-order valence-corrected chi connectivity index (χ1v) is 12.0. The molecule has 0 bridgehead atoms. The number of carbonyl (C=O) groups is 1. The fourth-order valence-corrected chi connectivity index (χ4v) is 4.91. The number of alkyl halides is 3. The molecule has 0 radical (unpaired) electrons. The van der Waals surface area contributed by atoms with Crippen LogP contribution in [0.15, 0.2) is 60.8 Å². The fraction of sp³-hybridized carbons (Fsp3) is 0.222. The Kier molecular flexibility index (Phi) is 5.77. The van der Waals surface area contributed by atoms with Crippen molar-refractivity contribution in [2.75, 3.05) is 11.9 Å². The molecule has 0 saturated heterocycles. The zero-order valence-corrected chi connectivity index (χ0v) is 19.9. The summed E-state index contributed by atoms with van der Waals surface area (Å²) in [6.45, 7) is 0.742. The molecular weight excluding hydrogens is 502 g/mol. The Bertz CT molecular complexity index is 1690. The highest BCUT2D eigenvalue weighted by Gasteiger charge is 2.35. The van der Waals surface area contributed by atoms with Crippen LogP contribution in [0.2, 0.25) is 0 Å². The van der Waals surface area contributed by atoms with Crippen molar-refractivity contribution in [2.24, 2.45) is 0 Å². The molecule has 0 fully saturated rings. The lowest BCUT2D eigenvalue weighted by atomic mass is 10.2. The standard InChI is InChI=1S/C27H21F4N5O2/c28-17-5-7-21-16(13-17)14-23(35(21)11-12-38-26-19(27(29,30)31)3-1-9-32-26)25(37)33-18-6-8-22-20(15-18)34-24-4-2-10-36(22)24/h1,3,5-9,13-15H,2,4,10-12H2,(H,33,37). The molecule has 4 heterocycles. The van der Waals surface area contributed by atoms with E-state index in [1.807, 2.05) is 6.07 Å². The molecule has 0 spiro atoms. The maximum Gasteiger partial charge on any atom is 0.421 e. The van der Waals surface area contributed by atoms with Gasteiger partial charge in [0.2, 0.25) is 5.88 Å². The molecule has 0 atom stereocenters. The number of rotatable bonds is 6. The number of imidazole rings is 1. The van der Waals surface area contributed by atoms with Crippen LogP contribution in [0.5, 0.6) is 5.88 Å². The quantitative estimate of drug-likeness (QED) is 0.285. The first-order chi connectivity index (χ1) is 18.3. The topological polar surface area (TPSA) is 74.0 Å². The minimum Gasteiger partial charge on any atom is -0.475 e. The average molecular weight is 523 g/mol. The van der Waals surface area contributed by atoms with E-state index >= 15 is 0 Å². The van der Waals surface area contributed by atoms with Gasteiger partial charge in [-0.3, -0.25) is 4.79 Å². The van der Waals surface area contributed by atoms with Crippen molar-refractivity contribution in [3.8, 4) is 5.88 Å². The van der Waals surface area contributed by atoms with E-state index in [1.54, 1.807) is 22.8 Å². The monoisotopic (exact) mass is 523 g/mol. The summed E-state index contributed by atoms with van der Waals surface area (Å²) in [7, 11) is 0. The van der Waals surface area contributed by atoms with Crippen LogP contribution in [-0.2, 0) is 25.7 Å². The van der Waals surface area contributed by atoms with Crippen LogP contribution in [0.1, 0.15) is 28.3 Å². The largest absolute Gasteiger partial charge is 0.475 e. The smallest absolute Gasteiger partial charge is 0.421 e. The number of fused-ring (bicyclic) bond motifs is 4. The maximum atomic E-state index is 13.9. The highest BCUT2D eigenvalue weighted by molar-refractivity contribution is 6.07. The number of nitrogens with one attached hydrogen (secondary N) is 1. The summed E-state index contributed by atoms with van der Waals surface area (Å²) in [4.78, 5) is 21.7. The van der Waals surface area contributed by atoms with E-state index in [1.165, 1.54) is 30.5 Å². The van der Waals surface area contributed by atoms with Crippen molar-refractivity contribution >= 4 is 33.5 Å². The molecule has 5 aromatic rings. The van der Waals surface area contributed by atoms with Crippen LogP contribution < -0.4 is 10.1 Å². The number of halogens is 4. The summed E-state index contributed by atoms with van der Waals surface area (Å²) < 4.78 is 62.9. The van der Waals surface area contributed by atoms with Crippen molar-refractivity contribution in [1.82, 2.24) is 19.1 Å². The van der Waals surface area contributed by atoms with E-state index in [-0.39, 0.29) is 18.8 Å². The highest BCUT2D eigenvalue weighted by atomic mass is 19.4. The van der Waals surface area contributed by atoms with Gasteiger partial charge in [-0.15, -0.1) is 0 Å². The highest BCUT2D eigenvalue weighted by Crippen LogP contribution is 2.34. The van der Waals surface area contributed by atoms with Crippen LogP contribution in [0.4, 0.5) is 23.2 Å². The Morgan fingerprint density at radius 3 is 2.76 bits per heavy atom. The third kappa shape index (κ3) is 4.33. The predicted octanol–water partition coefficient (Wildman–Crippen LogP) is 5.82. The van der Waals surface area contributed by atoms with E-state index in [0.29, 0.717) is 16.6 Å². The van der Waals surface area contributed by atoms with Gasteiger partial charge in [-0.25, -0.2) is 14.4 Å². The summed E-state index contributed by atoms with van der Waals surface area (Å²) in [5.74, 6) is -0.457. The molecule has 194 valence electrons. The minimum atomic E-state index is -4.62. The SMILES string of the molecule is O=C(Nc1ccc2c(c1)nc1n2CCC1)c1cc2cc(F)ccc2n1CCOc1ncccc1C(F)(F)F. The lowest BCUT2D eigenvalue weighted by molar-refractivity contribution is -0.139. The lowest BCUT2D eigenvalue weighted by Crippen LogP contribution is -2.20. The molecule has 1 N–H and O–H groups in total. The molecule has 2 aromatic carbocycles. The van der Waals surface area contributed by atoms with Gasteiger partial charge in [0.25, 0.3) is 5.91 Å². The average Bonchev–Trinajstić information content (AvgIpc) is 3.56. The number of pyridine rings is 1. The lowest BCUT2D eigenvalue weighted by Gasteiger charge is -2.14. The molecule has 7 nitrogen and oxygen atoms in total. The molecule has 38 heavy (non-hydrogen) atoms. The number of hydrogen-bond donors (Lipinski definition) is 1. The Labute approximate surface area is 213 Å². The van der Waals surface area contributed by atoms with Crippen molar-refractivity contribution in [3.05, 3.63) is 83.7 Å². The minimum absolute atomic E-state index is 0.0263. The molecule has 6 rings (SSSR count). The number of carbonyl (C=O) groups excluding carboxylic acids is 1. The number of aromatic nitrogens is 4.